The van der Waals surface area contributed by atoms with E-state index in [1.54, 1.807) is 0 Å². The Balaban J connectivity index is 0.000000142. The van der Waals surface area contributed by atoms with Crippen LogP contribution in [0.5, 0.6) is 0 Å². The molecule has 1 heteroatoms. The first-order valence-corrected chi connectivity index (χ1v) is 20.5. The molecule has 0 spiro atoms. The molecule has 58 heavy (non-hydrogen) atoms. The Morgan fingerprint density at radius 2 is 0.966 bits per heavy atom. The number of benzene rings is 9. The van der Waals surface area contributed by atoms with Gasteiger partial charge in [-0.25, -0.2) is 0 Å². The van der Waals surface area contributed by atoms with Crippen LogP contribution >= 0.6 is 0 Å². The summed E-state index contributed by atoms with van der Waals surface area (Å²) < 4.78 is 2.47. The largest absolute Gasteiger partial charge is 0.313 e. The number of hydrogen-bond donors (Lipinski definition) is 0. The molecule has 0 unspecified atom stereocenters. The Labute approximate surface area is 341 Å². The lowest BCUT2D eigenvalue weighted by Crippen LogP contribution is -2.03. The highest BCUT2D eigenvalue weighted by Crippen LogP contribution is 2.39. The first-order chi connectivity index (χ1) is 28.5. The van der Waals surface area contributed by atoms with Crippen molar-refractivity contribution in [3.8, 4) is 39.1 Å². The molecule has 1 heterocycles. The minimum absolute atomic E-state index is 1.09. The summed E-state index contributed by atoms with van der Waals surface area (Å²) in [4.78, 5) is 0. The van der Waals surface area contributed by atoms with E-state index < -0.39 is 0 Å². The highest BCUT2D eigenvalue weighted by Gasteiger charge is 2.19. The SMILES string of the molecule is Cc1cccc(-c2cccc(-c3ccc4c5ccccc5c5ccccc5c4c3)c2)c1.Cc1ccccc1-c1cc(-n2c3c(c4ccccc42)C=CCC3)ccc1C. The second-order valence-corrected chi connectivity index (χ2v) is 15.8. The molecule has 0 N–H and O–H groups in total. The molecule has 1 aliphatic carbocycles. The van der Waals surface area contributed by atoms with Crippen molar-refractivity contribution in [2.75, 3.05) is 0 Å². The topological polar surface area (TPSA) is 4.93 Å². The van der Waals surface area contributed by atoms with Crippen LogP contribution in [0, 0.1) is 20.8 Å². The van der Waals surface area contributed by atoms with Crippen LogP contribution in [-0.4, -0.2) is 4.57 Å². The molecule has 0 atom stereocenters. The minimum atomic E-state index is 1.09. The summed E-state index contributed by atoms with van der Waals surface area (Å²) >= 11 is 0. The molecule has 278 valence electrons. The van der Waals surface area contributed by atoms with Crippen molar-refractivity contribution < 1.29 is 0 Å². The Hall–Kier alpha value is -6.96. The molecule has 0 fully saturated rings. The Morgan fingerprint density at radius 1 is 0.397 bits per heavy atom. The Kier molecular flexibility index (Phi) is 9.07. The molecule has 0 amide bonds. The molecule has 1 aliphatic rings. The summed E-state index contributed by atoms with van der Waals surface area (Å²) in [6, 6.07) is 66.3. The van der Waals surface area contributed by atoms with E-state index in [4.69, 9.17) is 0 Å². The molecular weight excluding hydrogens is 699 g/mol. The van der Waals surface area contributed by atoms with Gasteiger partial charge >= 0.3 is 0 Å². The Morgan fingerprint density at radius 3 is 1.67 bits per heavy atom. The fourth-order valence-corrected chi connectivity index (χ4v) is 9.17. The number of allylic oxidation sites excluding steroid dienone is 1. The van der Waals surface area contributed by atoms with Crippen LogP contribution in [0.4, 0.5) is 0 Å². The Bertz CT molecular complexity index is 3170. The summed E-state index contributed by atoms with van der Waals surface area (Å²) in [6.45, 7) is 6.54. The zero-order chi connectivity index (χ0) is 39.2. The van der Waals surface area contributed by atoms with Crippen LogP contribution in [0.25, 0.3) is 88.4 Å². The molecule has 0 bridgehead atoms. The molecule has 10 aromatic rings. The molecule has 0 saturated heterocycles. The van der Waals surface area contributed by atoms with Gasteiger partial charge in [-0.2, -0.15) is 0 Å². The van der Waals surface area contributed by atoms with E-state index in [0.29, 0.717) is 0 Å². The smallest absolute Gasteiger partial charge is 0.0537 e. The maximum absolute atomic E-state index is 2.47. The highest BCUT2D eigenvalue weighted by molar-refractivity contribution is 6.25. The lowest BCUT2D eigenvalue weighted by molar-refractivity contribution is 0.888. The molecular formula is C57H45N. The minimum Gasteiger partial charge on any atom is -0.313 e. The number of rotatable bonds is 4. The van der Waals surface area contributed by atoms with Crippen molar-refractivity contribution in [1.82, 2.24) is 4.57 Å². The zero-order valence-corrected chi connectivity index (χ0v) is 33.3. The molecule has 9 aromatic carbocycles. The quantitative estimate of drug-likeness (QED) is 0.158. The van der Waals surface area contributed by atoms with E-state index in [1.807, 2.05) is 0 Å². The van der Waals surface area contributed by atoms with Crippen molar-refractivity contribution in [2.45, 2.75) is 33.6 Å². The third-order valence-corrected chi connectivity index (χ3v) is 12.1. The number of para-hydroxylation sites is 1. The highest BCUT2D eigenvalue weighted by atomic mass is 15.0. The van der Waals surface area contributed by atoms with Gasteiger partial charge in [0.05, 0.1) is 5.52 Å². The van der Waals surface area contributed by atoms with Gasteiger partial charge < -0.3 is 4.57 Å². The average Bonchev–Trinajstić information content (AvgIpc) is 3.61. The fourth-order valence-electron chi connectivity index (χ4n) is 9.17. The van der Waals surface area contributed by atoms with Gasteiger partial charge in [-0.15, -0.1) is 0 Å². The number of nitrogens with zero attached hydrogens (tertiary/aromatic N) is 1. The predicted octanol–water partition coefficient (Wildman–Crippen LogP) is 15.7. The number of aromatic nitrogens is 1. The summed E-state index contributed by atoms with van der Waals surface area (Å²) in [5, 5.41) is 9.24. The average molecular weight is 744 g/mol. The van der Waals surface area contributed by atoms with Gasteiger partial charge in [-0.3, -0.25) is 0 Å². The van der Waals surface area contributed by atoms with E-state index in [0.717, 1.165) is 12.8 Å². The lowest BCUT2D eigenvalue weighted by atomic mass is 9.91. The first-order valence-electron chi connectivity index (χ1n) is 20.5. The van der Waals surface area contributed by atoms with Crippen LogP contribution in [0.15, 0.2) is 188 Å². The summed E-state index contributed by atoms with van der Waals surface area (Å²) in [5.41, 5.74) is 17.0. The van der Waals surface area contributed by atoms with Crippen molar-refractivity contribution in [3.05, 3.63) is 216 Å². The molecule has 0 saturated carbocycles. The monoisotopic (exact) mass is 743 g/mol. The van der Waals surface area contributed by atoms with E-state index in [1.165, 1.54) is 110 Å². The third kappa shape index (κ3) is 6.30. The second kappa shape index (κ2) is 14.8. The van der Waals surface area contributed by atoms with Crippen molar-refractivity contribution in [2.24, 2.45) is 0 Å². The van der Waals surface area contributed by atoms with Gasteiger partial charge in [0.15, 0.2) is 0 Å². The van der Waals surface area contributed by atoms with Crippen LogP contribution in [-0.2, 0) is 6.42 Å². The third-order valence-electron chi connectivity index (χ3n) is 12.1. The number of aryl methyl sites for hydroxylation is 3. The zero-order valence-electron chi connectivity index (χ0n) is 33.3. The summed E-state index contributed by atoms with van der Waals surface area (Å²) in [6.07, 6.45) is 6.80. The van der Waals surface area contributed by atoms with Gasteiger partial charge in [0, 0.05) is 22.3 Å². The van der Waals surface area contributed by atoms with E-state index >= 15 is 0 Å². The van der Waals surface area contributed by atoms with E-state index in [9.17, 15) is 0 Å². The maximum atomic E-state index is 2.47. The van der Waals surface area contributed by atoms with Gasteiger partial charge in [-0.1, -0.05) is 169 Å². The number of hydrogen-bond acceptors (Lipinski definition) is 0. The summed E-state index contributed by atoms with van der Waals surface area (Å²) in [5.74, 6) is 0. The fraction of sp³-hybridized carbons (Fsp3) is 0.0877. The van der Waals surface area contributed by atoms with Crippen LogP contribution in [0.1, 0.15) is 34.4 Å². The molecule has 1 aromatic heterocycles. The second-order valence-electron chi connectivity index (χ2n) is 15.8. The molecule has 1 nitrogen and oxygen atoms in total. The van der Waals surface area contributed by atoms with Gasteiger partial charge in [-0.05, 0) is 141 Å². The molecule has 0 radical (unpaired) electrons. The van der Waals surface area contributed by atoms with Gasteiger partial charge in [0.2, 0.25) is 0 Å². The standard InChI is InChI=1S/C31H22.C26H23N/c1-21-8-6-9-22(18-21)23-10-7-11-24(19-23)25-16-17-30-28-14-3-2-12-26(28)27-13-4-5-15-29(27)31(30)20-25;1-18-9-3-4-10-21(18)24-17-20(16-15-19(24)2)27-25-13-7-5-11-22(25)23-12-6-8-14-26(23)27/h2-20H,1H3;3-7,9-13,15-17H,8,14H2,1-2H3. The van der Waals surface area contributed by atoms with Crippen LogP contribution in [0.3, 0.4) is 0 Å². The lowest BCUT2D eigenvalue weighted by Gasteiger charge is -2.16. The normalized spacial score (nSPS) is 12.2. The van der Waals surface area contributed by atoms with E-state index in [2.05, 4.69) is 219 Å². The predicted molar refractivity (Wildman–Crippen MR) is 250 cm³/mol. The summed E-state index contributed by atoms with van der Waals surface area (Å²) in [7, 11) is 0. The van der Waals surface area contributed by atoms with Crippen molar-refractivity contribution in [3.63, 3.8) is 0 Å². The van der Waals surface area contributed by atoms with E-state index in [-0.39, 0.29) is 0 Å². The van der Waals surface area contributed by atoms with Gasteiger partial charge in [0.25, 0.3) is 0 Å². The van der Waals surface area contributed by atoms with Gasteiger partial charge in [0.1, 0.15) is 0 Å². The van der Waals surface area contributed by atoms with Crippen molar-refractivity contribution in [1.29, 1.82) is 0 Å². The first kappa shape index (κ1) is 35.5. The number of fused-ring (bicyclic) bond motifs is 9. The van der Waals surface area contributed by atoms with Crippen LogP contribution in [0.2, 0.25) is 0 Å². The van der Waals surface area contributed by atoms with Crippen LogP contribution < -0.4 is 0 Å². The molecule has 11 rings (SSSR count). The van der Waals surface area contributed by atoms with Crippen molar-refractivity contribution >= 4 is 49.3 Å². The molecule has 0 aliphatic heterocycles. The maximum Gasteiger partial charge on any atom is 0.0537 e.